The van der Waals surface area contributed by atoms with Crippen molar-refractivity contribution in [3.63, 3.8) is 0 Å². The van der Waals surface area contributed by atoms with Gasteiger partial charge in [-0.15, -0.1) is 0 Å². The van der Waals surface area contributed by atoms with Gasteiger partial charge in [-0.05, 0) is 29.9 Å². The minimum Gasteiger partial charge on any atom is -0.461 e. The first-order valence-corrected chi connectivity index (χ1v) is 7.08. The first kappa shape index (κ1) is 15.5. The van der Waals surface area contributed by atoms with E-state index in [1.54, 1.807) is 0 Å². The highest BCUT2D eigenvalue weighted by atomic mass is 16.7. The molecule has 1 aliphatic heterocycles. The lowest BCUT2D eigenvalue weighted by Gasteiger charge is -2.45. The van der Waals surface area contributed by atoms with E-state index < -0.39 is 6.10 Å². The molecule has 0 saturated carbocycles. The van der Waals surface area contributed by atoms with Crippen LogP contribution in [0.1, 0.15) is 34.1 Å². The molecule has 1 heterocycles. The van der Waals surface area contributed by atoms with Gasteiger partial charge in [0, 0.05) is 12.8 Å². The molecular formula is C15H24O5. The molecule has 1 saturated heterocycles. The number of aliphatic hydroxyl groups is 1. The Hall–Kier alpha value is -0.910. The quantitative estimate of drug-likeness (QED) is 0.630. The molecule has 0 spiro atoms. The highest BCUT2D eigenvalue weighted by Crippen LogP contribution is 2.47. The molecule has 20 heavy (non-hydrogen) atoms. The summed E-state index contributed by atoms with van der Waals surface area (Å²) in [7, 11) is 0. The summed E-state index contributed by atoms with van der Waals surface area (Å²) in [4.78, 5) is 11.1. The molecule has 5 nitrogen and oxygen atoms in total. The molecule has 2 unspecified atom stereocenters. The molecule has 0 radical (unpaired) electrons. The van der Waals surface area contributed by atoms with Gasteiger partial charge in [0.25, 0.3) is 0 Å². The maximum atomic E-state index is 11.1. The lowest BCUT2D eigenvalue weighted by atomic mass is 9.64. The predicted molar refractivity (Wildman–Crippen MR) is 72.9 cm³/mol. The van der Waals surface area contributed by atoms with Crippen molar-refractivity contribution >= 4 is 5.97 Å². The van der Waals surface area contributed by atoms with Gasteiger partial charge in [0.1, 0.15) is 6.61 Å². The number of aliphatic hydroxyl groups excluding tert-OH is 1. The van der Waals surface area contributed by atoms with E-state index in [-0.39, 0.29) is 30.2 Å². The van der Waals surface area contributed by atoms with Crippen LogP contribution >= 0.6 is 0 Å². The van der Waals surface area contributed by atoms with Gasteiger partial charge in [0.15, 0.2) is 6.29 Å². The summed E-state index contributed by atoms with van der Waals surface area (Å²) in [6.07, 6.45) is -0.223. The topological polar surface area (TPSA) is 65.0 Å². The molecular weight excluding hydrogens is 260 g/mol. The van der Waals surface area contributed by atoms with E-state index in [1.807, 2.05) is 6.92 Å². The summed E-state index contributed by atoms with van der Waals surface area (Å²) < 4.78 is 16.4. The zero-order valence-corrected chi connectivity index (χ0v) is 12.6. The monoisotopic (exact) mass is 284 g/mol. The van der Waals surface area contributed by atoms with Gasteiger partial charge in [0.05, 0.1) is 19.3 Å². The Balaban J connectivity index is 2.25. The predicted octanol–water partition coefficient (Wildman–Crippen LogP) is 1.65. The molecule has 1 fully saturated rings. The largest absolute Gasteiger partial charge is 0.461 e. The van der Waals surface area contributed by atoms with Crippen LogP contribution in [-0.2, 0) is 19.0 Å². The van der Waals surface area contributed by atoms with Gasteiger partial charge in [0.2, 0.25) is 0 Å². The molecule has 1 N–H and O–H groups in total. The third kappa shape index (κ3) is 2.90. The third-order valence-electron chi connectivity index (χ3n) is 4.55. The summed E-state index contributed by atoms with van der Waals surface area (Å²) in [6.45, 7) is 8.88. The number of esters is 1. The highest BCUT2D eigenvalue weighted by molar-refractivity contribution is 5.66. The number of carbonyl (C=O) groups excluding carboxylic acids is 1. The van der Waals surface area contributed by atoms with Crippen molar-refractivity contribution in [3.8, 4) is 0 Å². The SMILES string of the molecule is CC(=O)OCC1=C(C)C(O)CC(C2OCCO2)C1(C)C. The van der Waals surface area contributed by atoms with Crippen LogP contribution < -0.4 is 0 Å². The van der Waals surface area contributed by atoms with Crippen LogP contribution in [0.25, 0.3) is 0 Å². The molecule has 0 amide bonds. The standard InChI is InChI=1S/C15H24O5/c1-9-12(8-20-10(2)16)15(3,4)11(7-13(9)17)14-18-5-6-19-14/h11,13-14,17H,5-8H2,1-4H3. The minimum atomic E-state index is -0.536. The van der Waals surface area contributed by atoms with Gasteiger partial charge in [-0.1, -0.05) is 13.8 Å². The fraction of sp³-hybridized carbons (Fsp3) is 0.800. The molecule has 114 valence electrons. The van der Waals surface area contributed by atoms with Crippen molar-refractivity contribution in [2.24, 2.45) is 11.3 Å². The Morgan fingerprint density at radius 2 is 2.00 bits per heavy atom. The number of hydrogen-bond donors (Lipinski definition) is 1. The highest BCUT2D eigenvalue weighted by Gasteiger charge is 2.46. The van der Waals surface area contributed by atoms with E-state index >= 15 is 0 Å². The molecule has 1 aliphatic carbocycles. The molecule has 2 rings (SSSR count). The molecule has 2 aliphatic rings. The zero-order valence-electron chi connectivity index (χ0n) is 12.6. The van der Waals surface area contributed by atoms with E-state index in [2.05, 4.69) is 13.8 Å². The summed E-state index contributed by atoms with van der Waals surface area (Å²) in [6, 6.07) is 0. The fourth-order valence-electron chi connectivity index (χ4n) is 3.18. The summed E-state index contributed by atoms with van der Waals surface area (Å²) in [5, 5.41) is 10.3. The Bertz CT molecular complexity index is 406. The first-order chi connectivity index (χ1) is 9.34. The van der Waals surface area contributed by atoms with Gasteiger partial charge in [-0.2, -0.15) is 0 Å². The average Bonchev–Trinajstić information content (AvgIpc) is 2.86. The number of ether oxygens (including phenoxy) is 3. The number of carbonyl (C=O) groups is 1. The second-order valence-electron chi connectivity index (χ2n) is 6.13. The van der Waals surface area contributed by atoms with Crippen LogP contribution in [0, 0.1) is 11.3 Å². The maximum absolute atomic E-state index is 11.1. The Morgan fingerprint density at radius 3 is 2.55 bits per heavy atom. The number of rotatable bonds is 3. The van der Waals surface area contributed by atoms with Crippen molar-refractivity contribution in [2.75, 3.05) is 19.8 Å². The van der Waals surface area contributed by atoms with Crippen molar-refractivity contribution < 1.29 is 24.1 Å². The molecule has 2 atom stereocenters. The maximum Gasteiger partial charge on any atom is 0.302 e. The lowest BCUT2D eigenvalue weighted by Crippen LogP contribution is -2.44. The van der Waals surface area contributed by atoms with Crippen molar-refractivity contribution in [2.45, 2.75) is 46.5 Å². The van der Waals surface area contributed by atoms with Gasteiger partial charge in [-0.25, -0.2) is 0 Å². The second kappa shape index (κ2) is 5.84. The van der Waals surface area contributed by atoms with Gasteiger partial charge in [-0.3, -0.25) is 4.79 Å². The van der Waals surface area contributed by atoms with Crippen LogP contribution in [0.5, 0.6) is 0 Å². The summed E-state index contributed by atoms with van der Waals surface area (Å²) >= 11 is 0. The minimum absolute atomic E-state index is 0.0502. The molecule has 0 aromatic heterocycles. The summed E-state index contributed by atoms with van der Waals surface area (Å²) in [5.41, 5.74) is 1.62. The van der Waals surface area contributed by atoms with Crippen LogP contribution in [0.3, 0.4) is 0 Å². The Morgan fingerprint density at radius 1 is 1.40 bits per heavy atom. The summed E-state index contributed by atoms with van der Waals surface area (Å²) in [5.74, 6) is -0.264. The van der Waals surface area contributed by atoms with Crippen molar-refractivity contribution in [1.29, 1.82) is 0 Å². The van der Waals surface area contributed by atoms with E-state index in [0.29, 0.717) is 19.6 Å². The van der Waals surface area contributed by atoms with Crippen LogP contribution in [-0.4, -0.2) is 43.3 Å². The first-order valence-electron chi connectivity index (χ1n) is 7.08. The second-order valence-corrected chi connectivity index (χ2v) is 6.13. The lowest BCUT2D eigenvalue weighted by molar-refractivity contribution is -0.142. The Kier molecular flexibility index (Phi) is 4.52. The molecule has 5 heteroatoms. The molecule has 0 bridgehead atoms. The zero-order chi connectivity index (χ0) is 14.9. The van der Waals surface area contributed by atoms with E-state index in [1.165, 1.54) is 6.92 Å². The van der Waals surface area contributed by atoms with Crippen LogP contribution in [0.4, 0.5) is 0 Å². The smallest absolute Gasteiger partial charge is 0.302 e. The fourth-order valence-corrected chi connectivity index (χ4v) is 3.18. The normalized spacial score (nSPS) is 30.6. The van der Waals surface area contributed by atoms with Gasteiger partial charge >= 0.3 is 5.97 Å². The third-order valence-corrected chi connectivity index (χ3v) is 4.55. The van der Waals surface area contributed by atoms with E-state index in [0.717, 1.165) is 11.1 Å². The number of hydrogen-bond acceptors (Lipinski definition) is 5. The average molecular weight is 284 g/mol. The van der Waals surface area contributed by atoms with Gasteiger partial charge < -0.3 is 19.3 Å². The molecule has 0 aromatic rings. The van der Waals surface area contributed by atoms with Crippen molar-refractivity contribution in [1.82, 2.24) is 0 Å². The van der Waals surface area contributed by atoms with Crippen LogP contribution in [0.15, 0.2) is 11.1 Å². The Labute approximate surface area is 119 Å². The van der Waals surface area contributed by atoms with Crippen molar-refractivity contribution in [3.05, 3.63) is 11.1 Å². The van der Waals surface area contributed by atoms with Crippen LogP contribution in [0.2, 0.25) is 0 Å². The van der Waals surface area contributed by atoms with E-state index in [9.17, 15) is 9.90 Å². The van der Waals surface area contributed by atoms with E-state index in [4.69, 9.17) is 14.2 Å². The molecule has 0 aromatic carbocycles.